The van der Waals surface area contributed by atoms with E-state index in [0.717, 1.165) is 0 Å². The Morgan fingerprint density at radius 1 is 0.714 bits per heavy atom. The van der Waals surface area contributed by atoms with Crippen molar-refractivity contribution in [3.8, 4) is 0 Å². The van der Waals surface area contributed by atoms with Crippen LogP contribution >= 0.6 is 28.5 Å². The minimum Gasteiger partial charge on any atom is -0.693 e. The van der Waals surface area contributed by atoms with E-state index in [1.54, 1.807) is 0 Å². The molecule has 0 atom stereocenters. The average Bonchev–Trinajstić information content (AvgIpc) is 0.918. The van der Waals surface area contributed by atoms with Gasteiger partial charge in [0.05, 0.1) is 0 Å². The van der Waals surface area contributed by atoms with Gasteiger partial charge in [-0.3, -0.25) is 0 Å². The second kappa shape index (κ2) is 54.9. The van der Waals surface area contributed by atoms with Crippen LogP contribution in [0, 0.1) is 0 Å². The Kier molecular flexibility index (Phi) is 319. The molecule has 0 aliphatic carbocycles. The van der Waals surface area contributed by atoms with Crippen LogP contribution in [0.15, 0.2) is 0 Å². The fourth-order valence-electron chi connectivity index (χ4n) is 0. The first-order valence-corrected chi connectivity index (χ1v) is 5.12. The van der Waals surface area contributed by atoms with Gasteiger partial charge in [-0.25, -0.2) is 0 Å². The molecule has 7 heavy (non-hydrogen) atoms. The van der Waals surface area contributed by atoms with Gasteiger partial charge in [0.25, 0.3) is 0 Å². The minimum absolute atomic E-state index is 0. The van der Waals surface area contributed by atoms with Crippen molar-refractivity contribution in [1.29, 1.82) is 0 Å². The maximum Gasteiger partial charge on any atom is -0.693 e. The molecule has 0 aromatic heterocycles. The molecule has 0 rings (SSSR count). The molecule has 0 unspecified atom stereocenters. The van der Waals surface area contributed by atoms with Crippen LogP contribution in [-0.2, 0) is 10.9 Å². The molecule has 0 fully saturated rings. The van der Waals surface area contributed by atoms with Gasteiger partial charge in [-0.2, -0.15) is 0 Å². The Bertz CT molecular complexity index is 9.65. The Hall–Kier alpha value is 1.29. The first-order valence-electron chi connectivity index (χ1n) is 0.239. The SMILES string of the molecule is [Br][Ni][Br].[NH2-].[NH2-].[NH2-].[NH2-]. The predicted molar refractivity (Wildman–Crippen MR) is 39.0 cm³/mol. The van der Waals surface area contributed by atoms with Crippen molar-refractivity contribution in [1.82, 2.24) is 0 Å². The van der Waals surface area contributed by atoms with Crippen molar-refractivity contribution >= 4 is 28.5 Å². The molecule has 0 bridgehead atoms. The summed E-state index contributed by atoms with van der Waals surface area (Å²) >= 11 is 6.00. The van der Waals surface area contributed by atoms with Gasteiger partial charge in [-0.15, -0.1) is 0 Å². The molecule has 0 heterocycles. The molecule has 4 nitrogen and oxygen atoms in total. The van der Waals surface area contributed by atoms with Crippen LogP contribution in [0.25, 0.3) is 24.6 Å². The van der Waals surface area contributed by atoms with Crippen LogP contribution in [0.2, 0.25) is 0 Å². The molecule has 0 aliphatic rings. The Balaban J connectivity index is -0.00000000333. The van der Waals surface area contributed by atoms with Crippen molar-refractivity contribution in [2.75, 3.05) is 0 Å². The summed E-state index contributed by atoms with van der Waals surface area (Å²) in [5, 5.41) is 0. The van der Waals surface area contributed by atoms with Crippen LogP contribution in [0.4, 0.5) is 0 Å². The van der Waals surface area contributed by atoms with E-state index in [0.29, 0.717) is 0 Å². The van der Waals surface area contributed by atoms with E-state index >= 15 is 0 Å². The molecule has 8 N–H and O–H groups in total. The van der Waals surface area contributed by atoms with Gasteiger partial charge in [-0.05, 0) is 0 Å². The van der Waals surface area contributed by atoms with Crippen molar-refractivity contribution in [2.45, 2.75) is 0 Å². The van der Waals surface area contributed by atoms with E-state index in [9.17, 15) is 0 Å². The van der Waals surface area contributed by atoms with E-state index in [-0.39, 0.29) is 24.6 Å². The number of nitrogens with two attached hydrogens (primary N) is 4. The van der Waals surface area contributed by atoms with Crippen LogP contribution in [0.1, 0.15) is 0 Å². The topological polar surface area (TPSA) is 134 Å². The zero-order valence-corrected chi connectivity index (χ0v) is 7.54. The minimum atomic E-state index is 0. The Labute approximate surface area is 63.9 Å². The summed E-state index contributed by atoms with van der Waals surface area (Å²) in [7, 11) is 1.25. The van der Waals surface area contributed by atoms with E-state index in [4.69, 9.17) is 0 Å². The van der Waals surface area contributed by atoms with Crippen molar-refractivity contribution < 1.29 is 10.9 Å². The van der Waals surface area contributed by atoms with Crippen molar-refractivity contribution in [3.05, 3.63) is 24.6 Å². The summed E-state index contributed by atoms with van der Waals surface area (Å²) < 4.78 is 0. The summed E-state index contributed by atoms with van der Waals surface area (Å²) in [6, 6.07) is 0. The maximum absolute atomic E-state index is 3.00. The fraction of sp³-hybridized carbons (Fsp3) is 0. The van der Waals surface area contributed by atoms with Gasteiger partial charge in [0, 0.05) is 0 Å². The monoisotopic (exact) mass is 280 g/mol. The molecule has 0 aromatic carbocycles. The van der Waals surface area contributed by atoms with Gasteiger partial charge in [-0.1, -0.05) is 0 Å². The molecule has 0 aromatic rings. The quantitative estimate of drug-likeness (QED) is 0.576. The third-order valence-electron chi connectivity index (χ3n) is 0. The van der Waals surface area contributed by atoms with E-state index in [1.807, 2.05) is 0 Å². The Morgan fingerprint density at radius 3 is 0.714 bits per heavy atom. The van der Waals surface area contributed by atoms with Gasteiger partial charge in [0.2, 0.25) is 0 Å². The van der Waals surface area contributed by atoms with E-state index in [2.05, 4.69) is 28.5 Å². The van der Waals surface area contributed by atoms with E-state index in [1.165, 1.54) is 10.9 Å². The maximum atomic E-state index is 3.00. The molecule has 0 saturated carbocycles. The molecule has 0 amide bonds. The number of rotatable bonds is 0. The summed E-state index contributed by atoms with van der Waals surface area (Å²) in [4.78, 5) is 0. The Morgan fingerprint density at radius 2 is 0.714 bits per heavy atom. The largest absolute Gasteiger partial charge is 0.693 e. The molecule has 7 heteroatoms. The smallest absolute Gasteiger partial charge is 0.693 e. The second-order valence-corrected chi connectivity index (χ2v) is 5.03. The normalized spacial score (nSPS) is 3.14. The van der Waals surface area contributed by atoms with Crippen LogP contribution in [0.3, 0.4) is 0 Å². The number of hydrogen-bond donors (Lipinski definition) is 0. The first-order chi connectivity index (χ1) is 1.41. The van der Waals surface area contributed by atoms with Crippen LogP contribution in [-0.4, -0.2) is 0 Å². The fourth-order valence-corrected chi connectivity index (χ4v) is 0. The summed E-state index contributed by atoms with van der Waals surface area (Å²) in [5.74, 6) is 0. The third-order valence-corrected chi connectivity index (χ3v) is 0. The summed E-state index contributed by atoms with van der Waals surface area (Å²) in [5.41, 5.74) is 0. The zero-order valence-electron chi connectivity index (χ0n) is 3.38. The van der Waals surface area contributed by atoms with Gasteiger partial charge >= 0.3 is 39.3 Å². The second-order valence-electron chi connectivity index (χ2n) is 0.0452. The van der Waals surface area contributed by atoms with Crippen LogP contribution < -0.4 is 0 Å². The molecule has 0 aliphatic heterocycles. The van der Waals surface area contributed by atoms with Gasteiger partial charge < -0.3 is 24.6 Å². The summed E-state index contributed by atoms with van der Waals surface area (Å²) in [6.45, 7) is 0. The molecule has 56 valence electrons. The van der Waals surface area contributed by atoms with Crippen LogP contribution in [0.5, 0.6) is 0 Å². The number of hydrogen-bond acceptors (Lipinski definition) is 0. The molecule has 0 spiro atoms. The third kappa shape index (κ3) is 122. The van der Waals surface area contributed by atoms with Crippen molar-refractivity contribution in [3.63, 3.8) is 0 Å². The van der Waals surface area contributed by atoms with E-state index < -0.39 is 0 Å². The molecular formula is H8Br2N4Ni-4. The van der Waals surface area contributed by atoms with Gasteiger partial charge in [0.1, 0.15) is 0 Å². The molecule has 0 saturated heterocycles. The molecule has 0 radical (unpaired) electrons. The predicted octanol–water partition coefficient (Wildman–Crippen LogP) is 4.56. The number of halogens is 2. The average molecular weight is 283 g/mol. The zero-order chi connectivity index (χ0) is 2.71. The van der Waals surface area contributed by atoms with Crippen molar-refractivity contribution in [2.24, 2.45) is 0 Å². The van der Waals surface area contributed by atoms with Gasteiger partial charge in [0.15, 0.2) is 0 Å². The summed E-state index contributed by atoms with van der Waals surface area (Å²) in [6.07, 6.45) is 0. The standard InChI is InChI=1S/2BrH.4H2N.Ni/h2*1H;4*1H2;/q;;4*-1;+2/p-2. The first kappa shape index (κ1) is 40.7. The molecular weight excluding hydrogens is 275 g/mol.